The predicted octanol–water partition coefficient (Wildman–Crippen LogP) is 0.582. The number of nitrogens with zero attached hydrogens (tertiary/aromatic N) is 1. The molecule has 0 bridgehead atoms. The van der Waals surface area contributed by atoms with Gasteiger partial charge in [-0.15, -0.1) is 11.6 Å². The average molecular weight is 270 g/mol. The number of rotatable bonds is 4. The zero-order chi connectivity index (χ0) is 12.2. The molecule has 0 aromatic heterocycles. The lowest BCUT2D eigenvalue weighted by Crippen LogP contribution is -2.49. The van der Waals surface area contributed by atoms with Gasteiger partial charge in [0.15, 0.2) is 0 Å². The molecule has 0 saturated carbocycles. The van der Waals surface area contributed by atoms with Crippen LogP contribution in [0.3, 0.4) is 0 Å². The molecular weight excluding hydrogens is 254 g/mol. The Labute approximate surface area is 101 Å². The number of esters is 1. The molecule has 1 atom stereocenters. The number of hydrogen-bond donors (Lipinski definition) is 0. The molecule has 0 radical (unpaired) electrons. The highest BCUT2D eigenvalue weighted by atomic mass is 35.5. The van der Waals surface area contributed by atoms with E-state index in [1.807, 2.05) is 0 Å². The number of carbonyl (C=O) groups is 1. The number of hydrogen-bond acceptors (Lipinski definition) is 4. The van der Waals surface area contributed by atoms with Crippen LogP contribution in [0.5, 0.6) is 0 Å². The molecule has 0 spiro atoms. The van der Waals surface area contributed by atoms with Crippen LogP contribution in [0, 0.1) is 0 Å². The van der Waals surface area contributed by atoms with Crippen molar-refractivity contribution in [2.24, 2.45) is 0 Å². The molecule has 1 unspecified atom stereocenters. The summed E-state index contributed by atoms with van der Waals surface area (Å²) in [5.74, 6) is -0.591. The molecule has 94 valence electrons. The predicted molar refractivity (Wildman–Crippen MR) is 60.9 cm³/mol. The normalized spacial score (nSPS) is 23.0. The summed E-state index contributed by atoms with van der Waals surface area (Å²) >= 11 is 5.44. The van der Waals surface area contributed by atoms with Crippen molar-refractivity contribution in [3.8, 4) is 0 Å². The quantitative estimate of drug-likeness (QED) is 0.553. The van der Waals surface area contributed by atoms with Crippen molar-refractivity contribution in [1.29, 1.82) is 0 Å². The van der Waals surface area contributed by atoms with Crippen molar-refractivity contribution >= 4 is 27.6 Å². The van der Waals surface area contributed by atoms with Crippen molar-refractivity contribution < 1.29 is 17.9 Å². The van der Waals surface area contributed by atoms with E-state index in [1.165, 1.54) is 11.4 Å². The number of piperidine rings is 1. The Morgan fingerprint density at radius 3 is 2.75 bits per heavy atom. The van der Waals surface area contributed by atoms with E-state index in [0.29, 0.717) is 13.0 Å². The van der Waals surface area contributed by atoms with E-state index in [2.05, 4.69) is 4.74 Å². The maximum Gasteiger partial charge on any atom is 0.324 e. The molecule has 0 aliphatic carbocycles. The second kappa shape index (κ2) is 5.84. The smallest absolute Gasteiger partial charge is 0.324 e. The third-order valence-electron chi connectivity index (χ3n) is 2.62. The summed E-state index contributed by atoms with van der Waals surface area (Å²) < 4.78 is 29.5. The lowest BCUT2D eigenvalue weighted by atomic mass is 10.1. The second-order valence-corrected chi connectivity index (χ2v) is 6.07. The number of halogens is 1. The fourth-order valence-corrected chi connectivity index (χ4v) is 3.83. The van der Waals surface area contributed by atoms with Crippen LogP contribution in [0.2, 0.25) is 0 Å². The van der Waals surface area contributed by atoms with Gasteiger partial charge in [-0.05, 0) is 19.3 Å². The SMILES string of the molecule is COC(=O)C1CCCCN1S(=O)(=O)CCCl. The minimum absolute atomic E-state index is 0.0345. The summed E-state index contributed by atoms with van der Waals surface area (Å²) in [7, 11) is -2.17. The third kappa shape index (κ3) is 3.09. The van der Waals surface area contributed by atoms with Gasteiger partial charge in [-0.2, -0.15) is 4.31 Å². The topological polar surface area (TPSA) is 63.7 Å². The molecule has 1 aliphatic heterocycles. The van der Waals surface area contributed by atoms with Crippen LogP contribution >= 0.6 is 11.6 Å². The van der Waals surface area contributed by atoms with Gasteiger partial charge in [-0.1, -0.05) is 0 Å². The van der Waals surface area contributed by atoms with Gasteiger partial charge in [0.05, 0.1) is 12.9 Å². The summed E-state index contributed by atoms with van der Waals surface area (Å²) in [6.45, 7) is 0.374. The molecule has 16 heavy (non-hydrogen) atoms. The number of methoxy groups -OCH3 is 1. The minimum atomic E-state index is -3.44. The van der Waals surface area contributed by atoms with Gasteiger partial charge in [0.25, 0.3) is 0 Å². The van der Waals surface area contributed by atoms with Gasteiger partial charge in [0, 0.05) is 12.4 Å². The highest BCUT2D eigenvalue weighted by Gasteiger charge is 2.36. The molecule has 7 heteroatoms. The van der Waals surface area contributed by atoms with Crippen molar-refractivity contribution in [2.45, 2.75) is 25.3 Å². The van der Waals surface area contributed by atoms with Crippen molar-refractivity contribution in [2.75, 3.05) is 25.3 Å². The van der Waals surface area contributed by atoms with Gasteiger partial charge in [-0.3, -0.25) is 4.79 Å². The Balaban J connectivity index is 2.86. The Kier molecular flexibility index (Phi) is 5.01. The largest absolute Gasteiger partial charge is 0.468 e. The second-order valence-electron chi connectivity index (χ2n) is 3.65. The molecule has 0 N–H and O–H groups in total. The lowest BCUT2D eigenvalue weighted by molar-refractivity contribution is -0.146. The van der Waals surface area contributed by atoms with Gasteiger partial charge in [-0.25, -0.2) is 8.42 Å². The number of sulfonamides is 1. The Bertz CT molecular complexity index is 343. The van der Waals surface area contributed by atoms with Gasteiger partial charge in [0.2, 0.25) is 10.0 Å². The first-order chi connectivity index (χ1) is 7.53. The Morgan fingerprint density at radius 1 is 1.50 bits per heavy atom. The highest BCUT2D eigenvalue weighted by Crippen LogP contribution is 2.21. The monoisotopic (exact) mass is 269 g/mol. The van der Waals surface area contributed by atoms with E-state index in [4.69, 9.17) is 11.6 Å². The maximum atomic E-state index is 11.9. The van der Waals surface area contributed by atoms with Crippen LogP contribution in [0.25, 0.3) is 0 Å². The van der Waals surface area contributed by atoms with Crippen LogP contribution in [0.1, 0.15) is 19.3 Å². The Morgan fingerprint density at radius 2 is 2.19 bits per heavy atom. The summed E-state index contributed by atoms with van der Waals surface area (Å²) in [5, 5.41) is 0. The molecule has 0 aromatic carbocycles. The van der Waals surface area contributed by atoms with Gasteiger partial charge in [0.1, 0.15) is 6.04 Å². The van der Waals surface area contributed by atoms with E-state index in [1.54, 1.807) is 0 Å². The third-order valence-corrected chi connectivity index (χ3v) is 4.90. The summed E-state index contributed by atoms with van der Waals surface area (Å²) in [6.07, 6.45) is 2.13. The first kappa shape index (κ1) is 13.7. The van der Waals surface area contributed by atoms with E-state index in [-0.39, 0.29) is 11.6 Å². The molecule has 1 fully saturated rings. The number of carbonyl (C=O) groups excluding carboxylic acids is 1. The molecule has 5 nitrogen and oxygen atoms in total. The Hall–Kier alpha value is -0.330. The van der Waals surface area contributed by atoms with E-state index >= 15 is 0 Å². The van der Waals surface area contributed by atoms with Crippen molar-refractivity contribution in [1.82, 2.24) is 4.31 Å². The van der Waals surface area contributed by atoms with E-state index in [9.17, 15) is 13.2 Å². The van der Waals surface area contributed by atoms with Crippen molar-refractivity contribution in [3.05, 3.63) is 0 Å². The number of alkyl halides is 1. The summed E-state index contributed by atoms with van der Waals surface area (Å²) in [4.78, 5) is 11.5. The van der Waals surface area contributed by atoms with Crippen LogP contribution < -0.4 is 0 Å². The van der Waals surface area contributed by atoms with Crippen molar-refractivity contribution in [3.63, 3.8) is 0 Å². The number of ether oxygens (including phenoxy) is 1. The first-order valence-corrected chi connectivity index (χ1v) is 7.30. The molecule has 1 heterocycles. The molecule has 1 aliphatic rings. The summed E-state index contributed by atoms with van der Waals surface area (Å²) in [6, 6.07) is -0.674. The molecule has 0 aromatic rings. The van der Waals surface area contributed by atoms with Crippen LogP contribution in [-0.4, -0.2) is 50.0 Å². The minimum Gasteiger partial charge on any atom is -0.468 e. The average Bonchev–Trinajstić information content (AvgIpc) is 2.28. The van der Waals surface area contributed by atoms with Crippen LogP contribution in [-0.2, 0) is 19.6 Å². The van der Waals surface area contributed by atoms with Gasteiger partial charge >= 0.3 is 5.97 Å². The van der Waals surface area contributed by atoms with E-state index in [0.717, 1.165) is 12.8 Å². The van der Waals surface area contributed by atoms with Gasteiger partial charge < -0.3 is 4.74 Å². The fraction of sp³-hybridized carbons (Fsp3) is 0.889. The maximum absolute atomic E-state index is 11.9. The molecule has 1 saturated heterocycles. The molecular formula is C9H16ClNO4S. The zero-order valence-corrected chi connectivity index (χ0v) is 10.8. The molecule has 0 amide bonds. The zero-order valence-electron chi connectivity index (χ0n) is 9.19. The summed E-state index contributed by atoms with van der Waals surface area (Å²) in [5.41, 5.74) is 0. The lowest BCUT2D eigenvalue weighted by Gasteiger charge is -2.32. The fourth-order valence-electron chi connectivity index (χ4n) is 1.82. The van der Waals surface area contributed by atoms with Crippen LogP contribution in [0.15, 0.2) is 0 Å². The first-order valence-electron chi connectivity index (χ1n) is 5.16. The van der Waals surface area contributed by atoms with Crippen LogP contribution in [0.4, 0.5) is 0 Å². The highest BCUT2D eigenvalue weighted by molar-refractivity contribution is 7.89. The molecule has 1 rings (SSSR count). The van der Waals surface area contributed by atoms with E-state index < -0.39 is 22.0 Å². The standard InChI is InChI=1S/C9H16ClNO4S/c1-15-9(12)8-4-2-3-6-11(8)16(13,14)7-5-10/h8H,2-7H2,1H3.